The first-order chi connectivity index (χ1) is 11.5. The molecular weight excluding hydrogens is 310 g/mol. The predicted octanol–water partition coefficient (Wildman–Crippen LogP) is 2.97. The topological polar surface area (TPSA) is 92.6 Å². The molecule has 1 heterocycles. The molecule has 1 aliphatic rings. The Morgan fingerprint density at radius 3 is 2.54 bits per heavy atom. The van der Waals surface area contributed by atoms with Gasteiger partial charge < -0.3 is 10.2 Å². The molecule has 3 rings (SSSR count). The third kappa shape index (κ3) is 3.24. The van der Waals surface area contributed by atoms with E-state index in [9.17, 15) is 19.7 Å². The number of rotatable bonds is 4. The summed E-state index contributed by atoms with van der Waals surface area (Å²) in [6.45, 7) is 0.679. The van der Waals surface area contributed by atoms with Crippen molar-refractivity contribution < 1.29 is 14.5 Å². The molecule has 0 saturated carbocycles. The second-order valence-electron chi connectivity index (χ2n) is 5.46. The van der Waals surface area contributed by atoms with E-state index in [0.29, 0.717) is 24.2 Å². The van der Waals surface area contributed by atoms with Gasteiger partial charge in [0.05, 0.1) is 4.92 Å². The molecule has 1 saturated heterocycles. The molecule has 1 fully saturated rings. The van der Waals surface area contributed by atoms with Gasteiger partial charge >= 0.3 is 0 Å². The average molecular weight is 325 g/mol. The summed E-state index contributed by atoms with van der Waals surface area (Å²) in [6.07, 6.45) is 1.37. The average Bonchev–Trinajstić information content (AvgIpc) is 3.01. The number of hydrogen-bond acceptors (Lipinski definition) is 4. The van der Waals surface area contributed by atoms with E-state index in [2.05, 4.69) is 5.32 Å². The minimum atomic E-state index is -0.516. The second kappa shape index (κ2) is 6.49. The smallest absolute Gasteiger partial charge is 0.269 e. The fraction of sp³-hybridized carbons (Fsp3) is 0.176. The van der Waals surface area contributed by atoms with Gasteiger partial charge in [0.1, 0.15) is 0 Å². The summed E-state index contributed by atoms with van der Waals surface area (Å²) in [5, 5.41) is 13.4. The number of benzene rings is 2. The first kappa shape index (κ1) is 15.7. The van der Waals surface area contributed by atoms with Crippen molar-refractivity contribution in [2.24, 2.45) is 0 Å². The molecule has 0 atom stereocenters. The van der Waals surface area contributed by atoms with Crippen LogP contribution in [0.5, 0.6) is 0 Å². The first-order valence-corrected chi connectivity index (χ1v) is 7.51. The molecule has 0 bridgehead atoms. The number of nitrogens with one attached hydrogen (secondary N) is 1. The molecule has 1 N–H and O–H groups in total. The van der Waals surface area contributed by atoms with Gasteiger partial charge in [0.2, 0.25) is 5.91 Å². The molecule has 1 aliphatic heterocycles. The Morgan fingerprint density at radius 2 is 1.92 bits per heavy atom. The maximum Gasteiger partial charge on any atom is 0.269 e. The fourth-order valence-corrected chi connectivity index (χ4v) is 2.61. The van der Waals surface area contributed by atoms with Crippen LogP contribution in [0.3, 0.4) is 0 Å². The van der Waals surface area contributed by atoms with Crippen LogP contribution >= 0.6 is 0 Å². The molecule has 7 nitrogen and oxygen atoms in total. The summed E-state index contributed by atoms with van der Waals surface area (Å²) < 4.78 is 0. The summed E-state index contributed by atoms with van der Waals surface area (Å²) in [5.41, 5.74) is 1.57. The van der Waals surface area contributed by atoms with Gasteiger partial charge in [0, 0.05) is 42.0 Å². The minimum Gasteiger partial charge on any atom is -0.322 e. The van der Waals surface area contributed by atoms with Crippen LogP contribution in [-0.4, -0.2) is 23.3 Å². The van der Waals surface area contributed by atoms with Crippen molar-refractivity contribution in [2.45, 2.75) is 12.8 Å². The normalized spacial score (nSPS) is 13.8. The molecule has 0 spiro atoms. The lowest BCUT2D eigenvalue weighted by Gasteiger charge is -2.16. The summed E-state index contributed by atoms with van der Waals surface area (Å²) in [4.78, 5) is 35.8. The van der Waals surface area contributed by atoms with Crippen molar-refractivity contribution in [3.63, 3.8) is 0 Å². The van der Waals surface area contributed by atoms with Crippen LogP contribution in [0, 0.1) is 10.1 Å². The van der Waals surface area contributed by atoms with E-state index in [4.69, 9.17) is 0 Å². The first-order valence-electron chi connectivity index (χ1n) is 7.51. The van der Waals surface area contributed by atoms with Crippen LogP contribution in [0.25, 0.3) is 0 Å². The third-order valence-corrected chi connectivity index (χ3v) is 3.83. The lowest BCUT2D eigenvalue weighted by molar-refractivity contribution is -0.384. The Morgan fingerprint density at radius 1 is 1.17 bits per heavy atom. The molecule has 122 valence electrons. The largest absolute Gasteiger partial charge is 0.322 e. The van der Waals surface area contributed by atoms with Crippen LogP contribution in [0.1, 0.15) is 23.2 Å². The van der Waals surface area contributed by atoms with Gasteiger partial charge in [-0.15, -0.1) is 0 Å². The highest BCUT2D eigenvalue weighted by Crippen LogP contribution is 2.24. The summed E-state index contributed by atoms with van der Waals surface area (Å²) in [7, 11) is 0. The van der Waals surface area contributed by atoms with Gasteiger partial charge in [-0.1, -0.05) is 6.07 Å². The van der Waals surface area contributed by atoms with E-state index in [-0.39, 0.29) is 17.5 Å². The van der Waals surface area contributed by atoms with Crippen molar-refractivity contribution >= 4 is 28.9 Å². The number of nitro benzene ring substituents is 1. The van der Waals surface area contributed by atoms with Crippen molar-refractivity contribution in [3.8, 4) is 0 Å². The number of hydrogen-bond donors (Lipinski definition) is 1. The number of carbonyl (C=O) groups excluding carboxylic acids is 2. The number of nitro groups is 1. The van der Waals surface area contributed by atoms with E-state index >= 15 is 0 Å². The third-order valence-electron chi connectivity index (χ3n) is 3.83. The number of amides is 2. The zero-order chi connectivity index (χ0) is 17.1. The number of nitrogens with zero attached hydrogens (tertiary/aromatic N) is 2. The zero-order valence-electron chi connectivity index (χ0n) is 12.8. The van der Waals surface area contributed by atoms with Gasteiger partial charge in [0.25, 0.3) is 11.6 Å². The van der Waals surface area contributed by atoms with E-state index in [0.717, 1.165) is 12.1 Å². The highest BCUT2D eigenvalue weighted by Gasteiger charge is 2.21. The SMILES string of the molecule is O=C(Nc1cccc(N2CCCC2=O)c1)c1ccc([N+](=O)[O-])cc1. The molecule has 7 heteroatoms. The van der Waals surface area contributed by atoms with E-state index < -0.39 is 4.92 Å². The van der Waals surface area contributed by atoms with Crippen LogP contribution in [0.2, 0.25) is 0 Å². The van der Waals surface area contributed by atoms with Crippen LogP contribution in [-0.2, 0) is 4.79 Å². The number of carbonyl (C=O) groups is 2. The Labute approximate surface area is 138 Å². The Hall–Kier alpha value is -3.22. The highest BCUT2D eigenvalue weighted by atomic mass is 16.6. The Balaban J connectivity index is 1.74. The standard InChI is InChI=1S/C17H15N3O4/c21-16-5-2-10-19(16)15-4-1-3-13(11-15)18-17(22)12-6-8-14(9-7-12)20(23)24/h1,3-4,6-9,11H,2,5,10H2,(H,18,22). The van der Waals surface area contributed by atoms with E-state index in [1.807, 2.05) is 6.07 Å². The van der Waals surface area contributed by atoms with Crippen LogP contribution in [0.15, 0.2) is 48.5 Å². The monoisotopic (exact) mass is 325 g/mol. The maximum absolute atomic E-state index is 12.2. The highest BCUT2D eigenvalue weighted by molar-refractivity contribution is 6.05. The predicted molar refractivity (Wildman–Crippen MR) is 89.1 cm³/mol. The van der Waals surface area contributed by atoms with Gasteiger partial charge in [-0.2, -0.15) is 0 Å². The van der Waals surface area contributed by atoms with Crippen molar-refractivity contribution in [1.29, 1.82) is 0 Å². The molecule has 24 heavy (non-hydrogen) atoms. The van der Waals surface area contributed by atoms with Crippen molar-refractivity contribution in [1.82, 2.24) is 0 Å². The zero-order valence-corrected chi connectivity index (χ0v) is 12.8. The lowest BCUT2D eigenvalue weighted by atomic mass is 10.2. The molecular formula is C17H15N3O4. The molecule has 2 amide bonds. The number of non-ortho nitro benzene ring substituents is 1. The van der Waals surface area contributed by atoms with Gasteiger partial charge in [-0.05, 0) is 36.8 Å². The van der Waals surface area contributed by atoms with Gasteiger partial charge in [-0.3, -0.25) is 19.7 Å². The summed E-state index contributed by atoms with van der Waals surface area (Å²) >= 11 is 0. The van der Waals surface area contributed by atoms with Gasteiger partial charge in [0.15, 0.2) is 0 Å². The molecule has 0 aromatic heterocycles. The summed E-state index contributed by atoms with van der Waals surface area (Å²) in [6, 6.07) is 12.4. The van der Waals surface area contributed by atoms with Gasteiger partial charge in [-0.25, -0.2) is 0 Å². The Bertz CT molecular complexity index is 802. The quantitative estimate of drug-likeness (QED) is 0.691. The second-order valence-corrected chi connectivity index (χ2v) is 5.46. The molecule has 0 unspecified atom stereocenters. The summed E-state index contributed by atoms with van der Waals surface area (Å²) in [5.74, 6) is -0.288. The minimum absolute atomic E-state index is 0.0684. The molecule has 2 aromatic carbocycles. The van der Waals surface area contributed by atoms with Crippen LogP contribution < -0.4 is 10.2 Å². The number of anilines is 2. The van der Waals surface area contributed by atoms with E-state index in [1.54, 1.807) is 23.1 Å². The maximum atomic E-state index is 12.2. The Kier molecular flexibility index (Phi) is 4.24. The van der Waals surface area contributed by atoms with Crippen LogP contribution in [0.4, 0.5) is 17.1 Å². The van der Waals surface area contributed by atoms with E-state index in [1.165, 1.54) is 24.3 Å². The fourth-order valence-electron chi connectivity index (χ4n) is 2.61. The molecule has 0 aliphatic carbocycles. The lowest BCUT2D eigenvalue weighted by Crippen LogP contribution is -2.23. The molecule has 2 aromatic rings. The molecule has 0 radical (unpaired) electrons. The van der Waals surface area contributed by atoms with Crippen molar-refractivity contribution in [2.75, 3.05) is 16.8 Å². The van der Waals surface area contributed by atoms with Crippen molar-refractivity contribution in [3.05, 3.63) is 64.2 Å².